The fourth-order valence-electron chi connectivity index (χ4n) is 1.50. The largest absolute Gasteiger partial charge is 0.391 e. The zero-order valence-corrected chi connectivity index (χ0v) is 9.05. The van der Waals surface area contributed by atoms with Crippen molar-refractivity contribution in [2.45, 2.75) is 25.0 Å². The summed E-state index contributed by atoms with van der Waals surface area (Å²) in [5, 5.41) is 14.6. The standard InChI is InChI=1S/C9H14N2O3S/c12-7(5-1-2-5)3-10-8(13)6-4-15-9(14)11-6/h5-7,12H,1-4H2,(H,10,13)(H,11,14). The third kappa shape index (κ3) is 2.85. The first kappa shape index (κ1) is 10.8. The maximum atomic E-state index is 11.5. The maximum Gasteiger partial charge on any atom is 0.279 e. The van der Waals surface area contributed by atoms with Crippen molar-refractivity contribution in [1.82, 2.24) is 10.6 Å². The molecule has 1 heterocycles. The van der Waals surface area contributed by atoms with Crippen molar-refractivity contribution >= 4 is 22.9 Å². The van der Waals surface area contributed by atoms with Gasteiger partial charge in [0.2, 0.25) is 5.91 Å². The lowest BCUT2D eigenvalue weighted by Crippen LogP contribution is -2.45. The molecule has 2 atom stereocenters. The van der Waals surface area contributed by atoms with Crippen molar-refractivity contribution < 1.29 is 14.7 Å². The minimum absolute atomic E-state index is 0.155. The summed E-state index contributed by atoms with van der Waals surface area (Å²) in [5.74, 6) is 0.635. The molecule has 2 amide bonds. The van der Waals surface area contributed by atoms with E-state index in [0.29, 0.717) is 18.2 Å². The van der Waals surface area contributed by atoms with Crippen molar-refractivity contribution in [3.63, 3.8) is 0 Å². The van der Waals surface area contributed by atoms with Gasteiger partial charge in [0, 0.05) is 12.3 Å². The van der Waals surface area contributed by atoms with E-state index >= 15 is 0 Å². The molecule has 15 heavy (non-hydrogen) atoms. The van der Waals surface area contributed by atoms with Gasteiger partial charge in [0.05, 0.1) is 6.10 Å². The normalized spacial score (nSPS) is 27.3. The Hall–Kier alpha value is -0.750. The van der Waals surface area contributed by atoms with Crippen molar-refractivity contribution in [1.29, 1.82) is 0 Å². The summed E-state index contributed by atoms with van der Waals surface area (Å²) in [7, 11) is 0. The number of aliphatic hydroxyl groups is 1. The number of amides is 2. The molecule has 2 fully saturated rings. The molecule has 0 aromatic carbocycles. The summed E-state index contributed by atoms with van der Waals surface area (Å²) < 4.78 is 0. The van der Waals surface area contributed by atoms with Crippen LogP contribution >= 0.6 is 11.8 Å². The Bertz CT molecular complexity index is 281. The lowest BCUT2D eigenvalue weighted by atomic mass is 10.2. The van der Waals surface area contributed by atoms with Crippen molar-refractivity contribution in [2.75, 3.05) is 12.3 Å². The van der Waals surface area contributed by atoms with E-state index < -0.39 is 12.1 Å². The molecular weight excluding hydrogens is 216 g/mol. The fraction of sp³-hybridized carbons (Fsp3) is 0.778. The van der Waals surface area contributed by atoms with Crippen LogP contribution in [0.25, 0.3) is 0 Å². The van der Waals surface area contributed by atoms with Gasteiger partial charge in [-0.15, -0.1) is 0 Å². The molecule has 0 bridgehead atoms. The molecule has 2 unspecified atom stereocenters. The van der Waals surface area contributed by atoms with E-state index in [9.17, 15) is 14.7 Å². The second-order valence-corrected chi connectivity index (χ2v) is 4.94. The third-order valence-corrected chi connectivity index (χ3v) is 3.52. The van der Waals surface area contributed by atoms with Crippen LogP contribution in [0.2, 0.25) is 0 Å². The van der Waals surface area contributed by atoms with Gasteiger partial charge < -0.3 is 15.7 Å². The Morgan fingerprint density at radius 2 is 2.40 bits per heavy atom. The van der Waals surface area contributed by atoms with Crippen molar-refractivity contribution in [3.05, 3.63) is 0 Å². The monoisotopic (exact) mass is 230 g/mol. The topological polar surface area (TPSA) is 78.4 Å². The number of aliphatic hydroxyl groups excluding tert-OH is 1. The second kappa shape index (κ2) is 4.40. The first-order chi connectivity index (χ1) is 7.16. The van der Waals surface area contributed by atoms with Crippen LogP contribution in [0.1, 0.15) is 12.8 Å². The average Bonchev–Trinajstić information content (AvgIpc) is 2.97. The van der Waals surface area contributed by atoms with Crippen LogP contribution in [-0.2, 0) is 4.79 Å². The molecule has 0 radical (unpaired) electrons. The molecule has 0 aromatic heterocycles. The Balaban J connectivity index is 1.69. The van der Waals surface area contributed by atoms with Gasteiger partial charge in [-0.2, -0.15) is 0 Å². The van der Waals surface area contributed by atoms with Crippen LogP contribution in [0.15, 0.2) is 0 Å². The van der Waals surface area contributed by atoms with E-state index in [4.69, 9.17) is 0 Å². The van der Waals surface area contributed by atoms with Crippen molar-refractivity contribution in [3.8, 4) is 0 Å². The molecule has 1 aliphatic carbocycles. The number of thioether (sulfide) groups is 1. The summed E-state index contributed by atoms with van der Waals surface area (Å²) in [5.41, 5.74) is 0. The third-order valence-electron chi connectivity index (χ3n) is 2.64. The molecule has 3 N–H and O–H groups in total. The highest BCUT2D eigenvalue weighted by Gasteiger charge is 2.32. The van der Waals surface area contributed by atoms with Crippen LogP contribution < -0.4 is 10.6 Å². The number of rotatable bonds is 4. The fourth-order valence-corrected chi connectivity index (χ4v) is 2.28. The first-order valence-corrected chi connectivity index (χ1v) is 6.04. The van der Waals surface area contributed by atoms with E-state index in [1.54, 1.807) is 0 Å². The van der Waals surface area contributed by atoms with E-state index in [-0.39, 0.29) is 11.1 Å². The molecule has 1 saturated heterocycles. The summed E-state index contributed by atoms with van der Waals surface area (Å²) >= 11 is 1.11. The maximum absolute atomic E-state index is 11.5. The molecular formula is C9H14N2O3S. The van der Waals surface area contributed by atoms with Gasteiger partial charge in [-0.3, -0.25) is 9.59 Å². The predicted molar refractivity (Wildman–Crippen MR) is 56.5 cm³/mol. The van der Waals surface area contributed by atoms with Gasteiger partial charge in [-0.05, 0) is 18.8 Å². The van der Waals surface area contributed by atoms with Gasteiger partial charge in [-0.1, -0.05) is 11.8 Å². The van der Waals surface area contributed by atoms with Crippen LogP contribution in [0.5, 0.6) is 0 Å². The van der Waals surface area contributed by atoms with Crippen LogP contribution in [0, 0.1) is 5.92 Å². The minimum Gasteiger partial charge on any atom is -0.391 e. The molecule has 5 nitrogen and oxygen atoms in total. The average molecular weight is 230 g/mol. The van der Waals surface area contributed by atoms with Gasteiger partial charge in [0.1, 0.15) is 6.04 Å². The summed E-state index contributed by atoms with van der Waals surface area (Å²) in [6.45, 7) is 0.292. The molecule has 2 aliphatic rings. The summed E-state index contributed by atoms with van der Waals surface area (Å²) in [4.78, 5) is 22.3. The Kier molecular flexibility index (Phi) is 3.16. The smallest absolute Gasteiger partial charge is 0.279 e. The zero-order chi connectivity index (χ0) is 10.8. The van der Waals surface area contributed by atoms with E-state index in [1.165, 1.54) is 0 Å². The van der Waals surface area contributed by atoms with E-state index in [1.807, 2.05) is 0 Å². The summed E-state index contributed by atoms with van der Waals surface area (Å²) in [6.07, 6.45) is 1.67. The molecule has 2 rings (SSSR count). The van der Waals surface area contributed by atoms with Crippen LogP contribution in [0.3, 0.4) is 0 Å². The van der Waals surface area contributed by atoms with Gasteiger partial charge in [0.25, 0.3) is 5.24 Å². The van der Waals surface area contributed by atoms with Crippen LogP contribution in [0.4, 0.5) is 4.79 Å². The van der Waals surface area contributed by atoms with Crippen LogP contribution in [-0.4, -0.2) is 40.7 Å². The molecule has 0 spiro atoms. The second-order valence-electron chi connectivity index (χ2n) is 3.95. The molecule has 1 aliphatic heterocycles. The highest BCUT2D eigenvalue weighted by atomic mass is 32.2. The number of hydrogen-bond donors (Lipinski definition) is 3. The highest BCUT2D eigenvalue weighted by molar-refractivity contribution is 8.14. The Labute approximate surface area is 92.0 Å². The Morgan fingerprint density at radius 3 is 2.93 bits per heavy atom. The van der Waals surface area contributed by atoms with E-state index in [0.717, 1.165) is 24.6 Å². The SMILES string of the molecule is O=C1NC(C(=O)NCC(O)C2CC2)CS1. The quantitative estimate of drug-likeness (QED) is 0.619. The number of carbonyl (C=O) groups excluding carboxylic acids is 2. The van der Waals surface area contributed by atoms with Crippen molar-refractivity contribution in [2.24, 2.45) is 5.92 Å². The number of carbonyl (C=O) groups is 2. The molecule has 1 saturated carbocycles. The predicted octanol–water partition coefficient (Wildman–Crippen LogP) is -0.302. The zero-order valence-electron chi connectivity index (χ0n) is 8.23. The lowest BCUT2D eigenvalue weighted by molar-refractivity contribution is -0.122. The van der Waals surface area contributed by atoms with Gasteiger partial charge >= 0.3 is 0 Å². The van der Waals surface area contributed by atoms with Gasteiger partial charge in [-0.25, -0.2) is 0 Å². The molecule has 0 aromatic rings. The number of nitrogens with one attached hydrogen (secondary N) is 2. The van der Waals surface area contributed by atoms with E-state index in [2.05, 4.69) is 10.6 Å². The summed E-state index contributed by atoms with van der Waals surface area (Å²) in [6, 6.07) is -0.436. The minimum atomic E-state index is -0.436. The molecule has 6 heteroatoms. The lowest BCUT2D eigenvalue weighted by Gasteiger charge is -2.13. The number of hydrogen-bond acceptors (Lipinski definition) is 4. The van der Waals surface area contributed by atoms with Gasteiger partial charge in [0.15, 0.2) is 0 Å². The Morgan fingerprint density at radius 1 is 1.67 bits per heavy atom. The first-order valence-electron chi connectivity index (χ1n) is 5.06. The molecule has 84 valence electrons. The highest BCUT2D eigenvalue weighted by Crippen LogP contribution is 2.32.